The van der Waals surface area contributed by atoms with E-state index in [1.807, 2.05) is 48.5 Å². The number of amides is 2. The lowest BCUT2D eigenvalue weighted by atomic mass is 9.81. The zero-order chi connectivity index (χ0) is 52.3. The van der Waals surface area contributed by atoms with E-state index in [1.165, 1.54) is 50.6 Å². The number of nitrogens with zero attached hydrogens (tertiary/aromatic N) is 2. The van der Waals surface area contributed by atoms with Crippen molar-refractivity contribution < 1.29 is 62.6 Å². The van der Waals surface area contributed by atoms with E-state index >= 15 is 0 Å². The molecule has 72 heavy (non-hydrogen) atoms. The van der Waals surface area contributed by atoms with Crippen LogP contribution in [-0.2, 0) is 55.7 Å². The summed E-state index contributed by atoms with van der Waals surface area (Å²) in [5.41, 5.74) is 4.68. The standard InChI is InChI=1S/C25H22N2O6.C19H26N2O6.C9H16O3/c1-32-24(28)23(14-16-10-12-17(13-11-16)27(30)31)26-25(29)33-15-22-20-8-4-2-6-18(20)19-7-3-5-9-21(19)22;1-26-12-11-19(9-3-4-10-19)18(23)20-16(17(22)27-2)13-14-5-7-15(8-6-14)21(24)25;1-12-7-6-9(8(10)11)4-2-3-5-9/h2-13,22-23H,14-15H2,1H3,(H,26,29);5-8,16H,3-4,9-13H2,1-2H3,(H,20,23);2-7H2,1H3,(H,10,11)/t23-;16-;/m00./s1. The molecule has 386 valence electrons. The largest absolute Gasteiger partial charge is 0.481 e. The molecule has 2 amide bonds. The number of methoxy groups -OCH3 is 4. The van der Waals surface area contributed by atoms with Gasteiger partial charge in [0.15, 0.2) is 0 Å². The minimum Gasteiger partial charge on any atom is -0.481 e. The number of nitrogens with one attached hydrogen (secondary N) is 2. The van der Waals surface area contributed by atoms with Crippen LogP contribution in [0.3, 0.4) is 0 Å². The van der Waals surface area contributed by atoms with Crippen LogP contribution in [0, 0.1) is 31.1 Å². The number of non-ortho nitro benzene ring substituents is 2. The van der Waals surface area contributed by atoms with E-state index in [9.17, 15) is 44.2 Å². The van der Waals surface area contributed by atoms with Crippen LogP contribution in [0.2, 0.25) is 0 Å². The summed E-state index contributed by atoms with van der Waals surface area (Å²) in [6.45, 7) is 1.16. The predicted octanol–water partition coefficient (Wildman–Crippen LogP) is 8.28. The van der Waals surface area contributed by atoms with E-state index in [0.29, 0.717) is 37.2 Å². The molecular formula is C53H64N4O15. The molecule has 0 saturated heterocycles. The van der Waals surface area contributed by atoms with Gasteiger partial charge in [-0.2, -0.15) is 0 Å². The van der Waals surface area contributed by atoms with Gasteiger partial charge in [0, 0.05) is 70.5 Å². The lowest BCUT2D eigenvalue weighted by Gasteiger charge is -2.29. The first-order valence-electron chi connectivity index (χ1n) is 23.9. The first kappa shape index (κ1) is 55.7. The molecule has 4 aromatic rings. The Hall–Kier alpha value is -7.25. The second-order valence-corrected chi connectivity index (χ2v) is 18.1. The van der Waals surface area contributed by atoms with E-state index in [-0.39, 0.29) is 42.6 Å². The minimum atomic E-state index is -0.993. The van der Waals surface area contributed by atoms with Crippen molar-refractivity contribution in [1.82, 2.24) is 10.6 Å². The van der Waals surface area contributed by atoms with E-state index in [1.54, 1.807) is 26.4 Å². The van der Waals surface area contributed by atoms with Crippen LogP contribution in [-0.4, -0.2) is 105 Å². The third kappa shape index (κ3) is 14.7. The molecule has 19 heteroatoms. The summed E-state index contributed by atoms with van der Waals surface area (Å²) in [5, 5.41) is 36.0. The van der Waals surface area contributed by atoms with Gasteiger partial charge in [-0.05, 0) is 71.9 Å². The normalized spacial score (nSPS) is 15.6. The van der Waals surface area contributed by atoms with E-state index in [2.05, 4.69) is 10.6 Å². The number of carboxylic acids is 1. The zero-order valence-corrected chi connectivity index (χ0v) is 41.1. The minimum absolute atomic E-state index is 0.0260. The van der Waals surface area contributed by atoms with Gasteiger partial charge in [0.05, 0.1) is 34.9 Å². The molecule has 3 aliphatic carbocycles. The highest BCUT2D eigenvalue weighted by Crippen LogP contribution is 2.45. The highest BCUT2D eigenvalue weighted by molar-refractivity contribution is 5.88. The second kappa shape index (κ2) is 26.8. The molecule has 0 radical (unpaired) electrons. The average molecular weight is 997 g/mol. The number of carboxylic acid groups (broad SMARTS) is 1. The van der Waals surface area contributed by atoms with Crippen molar-refractivity contribution in [2.75, 3.05) is 48.3 Å². The van der Waals surface area contributed by atoms with Crippen LogP contribution in [0.25, 0.3) is 11.1 Å². The number of hydrogen-bond donors (Lipinski definition) is 3. The van der Waals surface area contributed by atoms with Crippen molar-refractivity contribution in [2.24, 2.45) is 10.8 Å². The Kier molecular flexibility index (Phi) is 20.7. The molecule has 0 spiro atoms. The number of carbonyl (C=O) groups is 5. The van der Waals surface area contributed by atoms with Crippen LogP contribution in [0.5, 0.6) is 0 Å². The molecule has 3 aliphatic rings. The molecule has 2 atom stereocenters. The number of alkyl carbamates (subject to hydrolysis) is 1. The molecule has 0 bridgehead atoms. The van der Waals surface area contributed by atoms with Crippen molar-refractivity contribution >= 4 is 41.3 Å². The molecule has 0 aromatic heterocycles. The molecular weight excluding hydrogens is 933 g/mol. The highest BCUT2D eigenvalue weighted by Gasteiger charge is 2.43. The van der Waals surface area contributed by atoms with Gasteiger partial charge < -0.3 is 39.4 Å². The summed E-state index contributed by atoms with van der Waals surface area (Å²) in [4.78, 5) is 81.5. The van der Waals surface area contributed by atoms with Gasteiger partial charge in [-0.3, -0.25) is 29.8 Å². The molecule has 0 heterocycles. The molecule has 3 N–H and O–H groups in total. The number of aliphatic carboxylic acids is 1. The van der Waals surface area contributed by atoms with Crippen LogP contribution in [0.1, 0.15) is 92.4 Å². The lowest BCUT2D eigenvalue weighted by Crippen LogP contribution is -2.49. The molecule has 19 nitrogen and oxygen atoms in total. The van der Waals surface area contributed by atoms with Gasteiger partial charge in [0.2, 0.25) is 5.91 Å². The number of esters is 2. The fraction of sp³-hybridized carbons (Fsp3) is 0.453. The van der Waals surface area contributed by atoms with Crippen molar-refractivity contribution in [2.45, 2.75) is 95.1 Å². The summed E-state index contributed by atoms with van der Waals surface area (Å²) in [6, 6.07) is 25.8. The van der Waals surface area contributed by atoms with Gasteiger partial charge in [-0.25, -0.2) is 14.4 Å². The molecule has 2 fully saturated rings. The van der Waals surface area contributed by atoms with Crippen molar-refractivity contribution in [3.8, 4) is 11.1 Å². The van der Waals surface area contributed by atoms with Gasteiger partial charge in [-0.15, -0.1) is 0 Å². The Morgan fingerprint density at radius 2 is 1.01 bits per heavy atom. The first-order chi connectivity index (χ1) is 34.6. The van der Waals surface area contributed by atoms with Crippen molar-refractivity contribution in [3.05, 3.63) is 140 Å². The Labute approximate surface area is 418 Å². The molecule has 4 aromatic carbocycles. The zero-order valence-electron chi connectivity index (χ0n) is 41.1. The lowest BCUT2D eigenvalue weighted by molar-refractivity contribution is -0.385. The Bertz CT molecular complexity index is 2440. The van der Waals surface area contributed by atoms with Crippen LogP contribution in [0.15, 0.2) is 97.1 Å². The summed E-state index contributed by atoms with van der Waals surface area (Å²) < 4.78 is 25.2. The van der Waals surface area contributed by atoms with Crippen LogP contribution < -0.4 is 10.6 Å². The van der Waals surface area contributed by atoms with Gasteiger partial charge >= 0.3 is 24.0 Å². The first-order valence-corrected chi connectivity index (χ1v) is 23.9. The molecule has 7 rings (SSSR count). The number of nitro benzene ring substituents is 2. The molecule has 2 saturated carbocycles. The smallest absolute Gasteiger partial charge is 0.407 e. The maximum Gasteiger partial charge on any atom is 0.407 e. The summed E-state index contributed by atoms with van der Waals surface area (Å²) >= 11 is 0. The predicted molar refractivity (Wildman–Crippen MR) is 264 cm³/mol. The maximum atomic E-state index is 13.0. The van der Waals surface area contributed by atoms with Gasteiger partial charge in [0.1, 0.15) is 18.7 Å². The fourth-order valence-electron chi connectivity index (χ4n) is 9.60. The number of benzene rings is 4. The number of nitro groups is 2. The monoisotopic (exact) mass is 996 g/mol. The van der Waals surface area contributed by atoms with Crippen molar-refractivity contribution in [1.29, 1.82) is 0 Å². The Morgan fingerprint density at radius 3 is 1.42 bits per heavy atom. The van der Waals surface area contributed by atoms with E-state index in [0.717, 1.165) is 73.6 Å². The maximum absolute atomic E-state index is 13.0. The third-order valence-electron chi connectivity index (χ3n) is 13.7. The Morgan fingerprint density at radius 1 is 0.611 bits per heavy atom. The average Bonchev–Trinajstić information content (AvgIpc) is 4.16. The van der Waals surface area contributed by atoms with Crippen molar-refractivity contribution in [3.63, 3.8) is 0 Å². The number of hydrogen-bond acceptors (Lipinski definition) is 14. The summed E-state index contributed by atoms with van der Waals surface area (Å²) in [5.74, 6) is -2.08. The quantitative estimate of drug-likeness (QED) is 0.0326. The van der Waals surface area contributed by atoms with Crippen LogP contribution in [0.4, 0.5) is 16.2 Å². The van der Waals surface area contributed by atoms with E-state index in [4.69, 9.17) is 28.8 Å². The van der Waals surface area contributed by atoms with Crippen LogP contribution >= 0.6 is 0 Å². The van der Waals surface area contributed by atoms with Gasteiger partial charge in [0.25, 0.3) is 11.4 Å². The number of ether oxygens (including phenoxy) is 5. The Balaban J connectivity index is 0.000000221. The third-order valence-corrected chi connectivity index (χ3v) is 13.7. The number of fused-ring (bicyclic) bond motifs is 3. The SMILES string of the molecule is COC(=O)[C@H](Cc1ccc([N+](=O)[O-])cc1)NC(=O)OCC1c2ccccc2-c2ccccc21.COCCC1(C(=O)N[C@@H](Cc2ccc([N+](=O)[O-])cc2)C(=O)OC)CCCC1.COCCC1(C(=O)O)CCCC1. The highest BCUT2D eigenvalue weighted by atomic mass is 16.6. The van der Waals surface area contributed by atoms with Gasteiger partial charge in [-0.1, -0.05) is 98.5 Å². The number of carbonyl (C=O) groups excluding carboxylic acids is 4. The van der Waals surface area contributed by atoms with E-state index < -0.39 is 56.8 Å². The molecule has 0 unspecified atom stereocenters. The number of rotatable bonds is 20. The second-order valence-electron chi connectivity index (χ2n) is 18.1. The topological polar surface area (TPSA) is 262 Å². The fourth-order valence-corrected chi connectivity index (χ4v) is 9.60. The molecule has 0 aliphatic heterocycles. The summed E-state index contributed by atoms with van der Waals surface area (Å²) in [7, 11) is 5.72. The summed E-state index contributed by atoms with van der Waals surface area (Å²) in [6.07, 6.45) is 8.09.